The summed E-state index contributed by atoms with van der Waals surface area (Å²) in [5.41, 5.74) is 6.33. The Morgan fingerprint density at radius 1 is 1.10 bits per heavy atom. The number of methoxy groups -OCH3 is 1. The predicted octanol–water partition coefficient (Wildman–Crippen LogP) is 2.58. The molecule has 3 aliphatic rings. The highest BCUT2D eigenvalue weighted by molar-refractivity contribution is 6.10. The number of aliphatic hydroxyl groups excluding tert-OH is 2. The average molecular weight is 535 g/mol. The minimum Gasteiger partial charge on any atom is -0.510 e. The van der Waals surface area contributed by atoms with Crippen LogP contribution in [-0.2, 0) is 28.9 Å². The van der Waals surface area contributed by atoms with Gasteiger partial charge in [-0.15, -0.1) is 0 Å². The molecule has 1 amide bonds. The van der Waals surface area contributed by atoms with Crippen LogP contribution in [0, 0.1) is 11.8 Å². The maximum Gasteiger partial charge on any atom is 0.248 e. The molecule has 4 unspecified atom stereocenters. The molecule has 5 rings (SSSR count). The van der Waals surface area contributed by atoms with Gasteiger partial charge in [0.25, 0.3) is 0 Å². The second-order valence-electron chi connectivity index (χ2n) is 11.0. The number of carbonyl (C=O) groups is 2. The summed E-state index contributed by atoms with van der Waals surface area (Å²) < 4.78 is 5.23. The molecular formula is C30H34N2O7. The van der Waals surface area contributed by atoms with Gasteiger partial charge in [0.15, 0.2) is 5.78 Å². The van der Waals surface area contributed by atoms with Gasteiger partial charge < -0.3 is 30.9 Å². The Kier molecular flexibility index (Phi) is 6.68. The SMILES string of the molecule is COc1ccc(CCc2ccc(O)c3c2CC2CC4C(N(C)C)C(O)=C(C(N)=O)CC4(O)C(=O)C2=C3O)cc1. The number of phenols is 1. The van der Waals surface area contributed by atoms with Crippen LogP contribution < -0.4 is 10.5 Å². The van der Waals surface area contributed by atoms with E-state index in [0.29, 0.717) is 12.8 Å². The van der Waals surface area contributed by atoms with Crippen molar-refractivity contribution in [2.45, 2.75) is 43.7 Å². The minimum absolute atomic E-state index is 0.0478. The lowest BCUT2D eigenvalue weighted by atomic mass is 9.57. The number of primary amides is 1. The number of amides is 1. The maximum atomic E-state index is 13.9. The van der Waals surface area contributed by atoms with Crippen molar-refractivity contribution < 1.29 is 34.8 Å². The van der Waals surface area contributed by atoms with Gasteiger partial charge in [-0.1, -0.05) is 18.2 Å². The van der Waals surface area contributed by atoms with Crippen LogP contribution in [0.1, 0.15) is 35.1 Å². The highest BCUT2D eigenvalue weighted by Gasteiger charge is 2.60. The fourth-order valence-electron chi connectivity index (χ4n) is 6.70. The molecular weight excluding hydrogens is 500 g/mol. The number of Topliss-reactive ketones (excluding diaryl/α,β-unsaturated/α-hetero) is 1. The lowest BCUT2D eigenvalue weighted by Gasteiger charge is -2.51. The zero-order chi connectivity index (χ0) is 28.2. The summed E-state index contributed by atoms with van der Waals surface area (Å²) in [5.74, 6) is -2.74. The molecule has 3 aliphatic carbocycles. The van der Waals surface area contributed by atoms with Gasteiger partial charge in [0, 0.05) is 17.9 Å². The van der Waals surface area contributed by atoms with Gasteiger partial charge in [-0.05, 0) is 80.6 Å². The van der Waals surface area contributed by atoms with Gasteiger partial charge in [-0.25, -0.2) is 0 Å². The van der Waals surface area contributed by atoms with E-state index in [1.807, 2.05) is 30.3 Å². The van der Waals surface area contributed by atoms with Crippen LogP contribution in [0.5, 0.6) is 11.5 Å². The number of phenolic OH excluding ortho intramolecular Hbond substituents is 1. The van der Waals surface area contributed by atoms with Crippen molar-refractivity contribution >= 4 is 17.4 Å². The van der Waals surface area contributed by atoms with Gasteiger partial charge >= 0.3 is 0 Å². The van der Waals surface area contributed by atoms with Crippen LogP contribution in [0.3, 0.4) is 0 Å². The van der Waals surface area contributed by atoms with Crippen molar-refractivity contribution in [1.82, 2.24) is 4.90 Å². The molecule has 1 fully saturated rings. The van der Waals surface area contributed by atoms with Crippen molar-refractivity contribution in [3.05, 3.63) is 75.6 Å². The summed E-state index contributed by atoms with van der Waals surface area (Å²) in [4.78, 5) is 27.7. The number of likely N-dealkylation sites (N-methyl/N-ethyl adjacent to an activating group) is 1. The van der Waals surface area contributed by atoms with Crippen LogP contribution >= 0.6 is 0 Å². The third-order valence-corrected chi connectivity index (χ3v) is 8.64. The van der Waals surface area contributed by atoms with Crippen molar-refractivity contribution in [1.29, 1.82) is 0 Å². The summed E-state index contributed by atoms with van der Waals surface area (Å²) in [6.07, 6.45) is 1.60. The quantitative estimate of drug-likeness (QED) is 0.379. The molecule has 0 aliphatic heterocycles. The van der Waals surface area contributed by atoms with Crippen LogP contribution in [-0.4, -0.2) is 69.9 Å². The highest BCUT2D eigenvalue weighted by Crippen LogP contribution is 2.53. The maximum absolute atomic E-state index is 13.9. The number of aromatic hydroxyl groups is 1. The number of hydrogen-bond acceptors (Lipinski definition) is 8. The fourth-order valence-corrected chi connectivity index (χ4v) is 6.70. The lowest BCUT2D eigenvalue weighted by molar-refractivity contribution is -0.151. The van der Waals surface area contributed by atoms with Crippen LogP contribution in [0.4, 0.5) is 0 Å². The molecule has 0 radical (unpaired) electrons. The number of fused-ring (bicyclic) bond motifs is 3. The van der Waals surface area contributed by atoms with Gasteiger partial charge in [0.05, 0.1) is 24.3 Å². The number of benzene rings is 2. The second kappa shape index (κ2) is 9.73. The van der Waals surface area contributed by atoms with E-state index < -0.39 is 41.6 Å². The lowest BCUT2D eigenvalue weighted by Crippen LogP contribution is -2.62. The summed E-state index contributed by atoms with van der Waals surface area (Å²) >= 11 is 0. The number of hydrogen-bond donors (Lipinski definition) is 5. The van der Waals surface area contributed by atoms with Gasteiger partial charge in [0.1, 0.15) is 28.6 Å². The zero-order valence-corrected chi connectivity index (χ0v) is 22.3. The van der Waals surface area contributed by atoms with Gasteiger partial charge in [-0.2, -0.15) is 0 Å². The topological polar surface area (TPSA) is 154 Å². The molecule has 0 heterocycles. The molecule has 4 atom stereocenters. The average Bonchev–Trinajstić information content (AvgIpc) is 2.89. The Morgan fingerprint density at radius 3 is 2.41 bits per heavy atom. The van der Waals surface area contributed by atoms with Gasteiger partial charge in [-0.3, -0.25) is 14.5 Å². The second-order valence-corrected chi connectivity index (χ2v) is 11.0. The number of nitrogens with zero attached hydrogens (tertiary/aromatic N) is 1. The summed E-state index contributed by atoms with van der Waals surface area (Å²) in [7, 11) is 5.01. The molecule has 9 heteroatoms. The first kappa shape index (κ1) is 26.8. The first-order chi connectivity index (χ1) is 18.5. The summed E-state index contributed by atoms with van der Waals surface area (Å²) in [5, 5.41) is 44.8. The smallest absolute Gasteiger partial charge is 0.248 e. The van der Waals surface area contributed by atoms with Crippen molar-refractivity contribution in [3.8, 4) is 11.5 Å². The molecule has 0 spiro atoms. The van der Waals surface area contributed by atoms with Crippen molar-refractivity contribution in [3.63, 3.8) is 0 Å². The number of aliphatic hydroxyl groups is 3. The highest BCUT2D eigenvalue weighted by atomic mass is 16.5. The summed E-state index contributed by atoms with van der Waals surface area (Å²) in [6, 6.07) is 10.3. The van der Waals surface area contributed by atoms with E-state index in [-0.39, 0.29) is 40.4 Å². The van der Waals surface area contributed by atoms with E-state index >= 15 is 0 Å². The van der Waals surface area contributed by atoms with E-state index in [2.05, 4.69) is 0 Å². The number of carbonyl (C=O) groups excluding carboxylic acids is 2. The number of ketones is 1. The Balaban J connectivity index is 1.54. The molecule has 0 aromatic heterocycles. The van der Waals surface area contributed by atoms with E-state index in [0.717, 1.165) is 28.9 Å². The fraction of sp³-hybridized carbons (Fsp3) is 0.400. The normalized spacial score (nSPS) is 26.3. The zero-order valence-electron chi connectivity index (χ0n) is 22.3. The monoisotopic (exact) mass is 534 g/mol. The first-order valence-electron chi connectivity index (χ1n) is 13.0. The molecule has 9 nitrogen and oxygen atoms in total. The van der Waals surface area contributed by atoms with E-state index in [9.17, 15) is 30.0 Å². The van der Waals surface area contributed by atoms with Crippen molar-refractivity contribution in [2.24, 2.45) is 17.6 Å². The molecule has 39 heavy (non-hydrogen) atoms. The molecule has 0 saturated heterocycles. The molecule has 1 saturated carbocycles. The number of aryl methyl sites for hydroxylation is 2. The molecule has 6 N–H and O–H groups in total. The first-order valence-corrected chi connectivity index (χ1v) is 13.0. The van der Waals surface area contributed by atoms with Crippen molar-refractivity contribution in [2.75, 3.05) is 21.2 Å². The number of rotatable bonds is 6. The van der Waals surface area contributed by atoms with Gasteiger partial charge in [0.2, 0.25) is 5.91 Å². The Hall–Kier alpha value is -3.82. The Labute approximate surface area is 226 Å². The molecule has 0 bridgehead atoms. The standard InChI is InChI=1S/C30H34N2O7/c1-32(2)25-21-13-17-12-19-16(7-4-15-5-9-18(39-3)10-6-15)8-11-22(33)24(19)27(35)23(17)28(36)30(21,38)14-20(26(25)34)29(31)37/h5-6,8-11,17,21,25,33-35,38H,4,7,12-14H2,1-3H3,(H2,31,37). The Bertz CT molecular complexity index is 1410. The van der Waals surface area contributed by atoms with E-state index in [4.69, 9.17) is 10.5 Å². The molecule has 206 valence electrons. The third kappa shape index (κ3) is 4.26. The minimum atomic E-state index is -2.04. The van der Waals surface area contributed by atoms with Crippen LogP contribution in [0.2, 0.25) is 0 Å². The molecule has 2 aromatic rings. The third-order valence-electron chi connectivity index (χ3n) is 8.64. The van der Waals surface area contributed by atoms with E-state index in [1.165, 1.54) is 6.07 Å². The van der Waals surface area contributed by atoms with E-state index in [1.54, 1.807) is 26.1 Å². The predicted molar refractivity (Wildman–Crippen MR) is 144 cm³/mol. The number of nitrogens with two attached hydrogens (primary N) is 1. The number of ether oxygens (including phenoxy) is 1. The largest absolute Gasteiger partial charge is 0.510 e. The Morgan fingerprint density at radius 2 is 1.79 bits per heavy atom. The molecule has 2 aromatic carbocycles. The summed E-state index contributed by atoms with van der Waals surface area (Å²) in [6.45, 7) is 0. The van der Waals surface area contributed by atoms with Crippen LogP contribution in [0.25, 0.3) is 5.76 Å². The van der Waals surface area contributed by atoms with Crippen LogP contribution in [0.15, 0.2) is 53.3 Å².